The molecule has 0 aromatic carbocycles. The first-order valence-corrected chi connectivity index (χ1v) is 15.1. The van der Waals surface area contributed by atoms with Gasteiger partial charge in [0.1, 0.15) is 29.7 Å². The maximum Gasteiger partial charge on any atom is 0.408 e. The Morgan fingerprint density at radius 3 is 2.24 bits per heavy atom. The Balaban J connectivity index is 1.99. The molecule has 12 atom stereocenters. The quantitative estimate of drug-likeness (QED) is 0.304. The van der Waals surface area contributed by atoms with Gasteiger partial charge >= 0.3 is 12.1 Å². The third-order valence-corrected chi connectivity index (χ3v) is 9.51. The number of rotatable bonds is 6. The van der Waals surface area contributed by atoms with E-state index < -0.39 is 71.5 Å². The number of methoxy groups -OCH3 is 1. The third kappa shape index (κ3) is 6.99. The highest BCUT2D eigenvalue weighted by atomic mass is 16.6. The van der Waals surface area contributed by atoms with Gasteiger partial charge in [-0.25, -0.2) is 4.79 Å². The van der Waals surface area contributed by atoms with E-state index in [2.05, 4.69) is 10.6 Å². The highest BCUT2D eigenvalue weighted by Gasteiger charge is 2.56. The molecule has 42 heavy (non-hydrogen) atoms. The molecule has 0 spiro atoms. The molecule has 0 bridgehead atoms. The molecule has 0 aromatic heterocycles. The molecule has 0 radical (unpaired) electrons. The van der Waals surface area contributed by atoms with Crippen LogP contribution >= 0.6 is 0 Å². The lowest BCUT2D eigenvalue weighted by Crippen LogP contribution is -2.57. The summed E-state index contributed by atoms with van der Waals surface area (Å²) in [4.78, 5) is 53.2. The second-order valence-corrected chi connectivity index (χ2v) is 12.7. The van der Waals surface area contributed by atoms with Crippen LogP contribution < -0.4 is 10.6 Å². The molecule has 3 rings (SSSR count). The number of Topliss-reactive ketones (excluding diaryl/α,β-unsaturated/α-hetero) is 2. The predicted octanol–water partition coefficient (Wildman–Crippen LogP) is 2.14. The van der Waals surface area contributed by atoms with Crippen molar-refractivity contribution in [2.45, 2.75) is 122 Å². The van der Waals surface area contributed by atoms with Crippen LogP contribution in [0.1, 0.15) is 74.1 Å². The van der Waals surface area contributed by atoms with Gasteiger partial charge in [-0.1, -0.05) is 27.7 Å². The van der Waals surface area contributed by atoms with Gasteiger partial charge in [0.15, 0.2) is 11.9 Å². The molecule has 0 unspecified atom stereocenters. The van der Waals surface area contributed by atoms with Crippen LogP contribution in [0.5, 0.6) is 0 Å². The van der Waals surface area contributed by atoms with Crippen LogP contribution in [-0.2, 0) is 38.1 Å². The van der Waals surface area contributed by atoms with Crippen LogP contribution in [0.3, 0.4) is 0 Å². The van der Waals surface area contributed by atoms with Crippen molar-refractivity contribution in [3.63, 3.8) is 0 Å². The van der Waals surface area contributed by atoms with Crippen LogP contribution in [0.2, 0.25) is 0 Å². The predicted molar refractivity (Wildman–Crippen MR) is 151 cm³/mol. The van der Waals surface area contributed by atoms with Gasteiger partial charge in [-0.05, 0) is 53.5 Å². The van der Waals surface area contributed by atoms with Gasteiger partial charge in [0.25, 0.3) is 0 Å². The first-order valence-electron chi connectivity index (χ1n) is 15.1. The Morgan fingerprint density at radius 1 is 1.05 bits per heavy atom. The molecule has 3 aliphatic rings. The minimum Gasteiger partial charge on any atom is -0.458 e. The Kier molecular flexibility index (Phi) is 11.2. The molecule has 0 aromatic rings. The van der Waals surface area contributed by atoms with E-state index in [-0.39, 0.29) is 43.2 Å². The van der Waals surface area contributed by atoms with Crippen molar-refractivity contribution in [3.8, 4) is 0 Å². The number of carbonyl (C=O) groups excluding carboxylic acids is 4. The second kappa shape index (κ2) is 13.7. The summed E-state index contributed by atoms with van der Waals surface area (Å²) in [5.41, 5.74) is -2.45. The minimum absolute atomic E-state index is 0.0392. The fourth-order valence-electron chi connectivity index (χ4n) is 6.99. The average Bonchev–Trinajstić information content (AvgIpc) is 3.26. The minimum atomic E-state index is -1.33. The number of esters is 1. The molecule has 3 aliphatic heterocycles. The molecule has 240 valence electrons. The molecular formula is C30H50N2O10. The van der Waals surface area contributed by atoms with Gasteiger partial charge in [-0.2, -0.15) is 0 Å². The largest absolute Gasteiger partial charge is 0.458 e. The molecule has 0 saturated carbocycles. The first kappa shape index (κ1) is 34.4. The molecule has 3 saturated heterocycles. The highest BCUT2D eigenvalue weighted by Crippen LogP contribution is 2.38. The lowest BCUT2D eigenvalue weighted by Gasteiger charge is -2.42. The topological polar surface area (TPSA) is 159 Å². The Bertz CT molecular complexity index is 1010. The molecule has 12 heteroatoms. The van der Waals surface area contributed by atoms with Crippen LogP contribution in [0, 0.1) is 23.7 Å². The lowest BCUT2D eigenvalue weighted by atomic mass is 9.74. The van der Waals surface area contributed by atoms with Crippen LogP contribution in [0.15, 0.2) is 0 Å². The lowest BCUT2D eigenvalue weighted by molar-refractivity contribution is -0.246. The average molecular weight is 599 g/mol. The summed E-state index contributed by atoms with van der Waals surface area (Å²) >= 11 is 0. The molecular weight excluding hydrogens is 548 g/mol. The number of fused-ring (bicyclic) bond motifs is 1. The number of carbonyl (C=O) groups is 4. The summed E-state index contributed by atoms with van der Waals surface area (Å²) in [6, 6.07) is -0.967. The standard InChI is InChI=1S/C30H50N2O10/c1-10-21-29(7)25(32-28(37)42-29)18(5)22(33)15(2)12-30(38-9,13-16(3)23(34)19(6)26(35)41-21)14-39-24-20(31-8)11-17(4)40-27(24)36/h15-21,24-25,27,31,36H,10-14H2,1-9H3,(H,32,37)/t15-,16-,17-,18+,19-,20+,21-,24-,25-,27-,29-,30-/m1/s1. The second-order valence-electron chi connectivity index (χ2n) is 12.7. The smallest absolute Gasteiger partial charge is 0.408 e. The number of likely N-dealkylation sites (N-methyl/N-ethyl adjacent to an activating group) is 1. The Hall–Kier alpha value is -2.12. The number of cyclic esters (lactones) is 1. The Morgan fingerprint density at radius 2 is 1.67 bits per heavy atom. The number of amides is 1. The van der Waals surface area contributed by atoms with E-state index in [1.54, 1.807) is 41.7 Å². The molecule has 3 heterocycles. The first-order chi connectivity index (χ1) is 19.6. The van der Waals surface area contributed by atoms with Gasteiger partial charge in [-0.3, -0.25) is 14.4 Å². The summed E-state index contributed by atoms with van der Waals surface area (Å²) in [5.74, 6) is -4.20. The van der Waals surface area contributed by atoms with Crippen LogP contribution in [-0.4, -0.2) is 97.4 Å². The number of hydrogen-bond donors (Lipinski definition) is 3. The molecule has 3 fully saturated rings. The van der Waals surface area contributed by atoms with Gasteiger partial charge in [0.2, 0.25) is 0 Å². The van der Waals surface area contributed by atoms with E-state index in [1.807, 2.05) is 6.92 Å². The van der Waals surface area contributed by atoms with E-state index >= 15 is 0 Å². The summed E-state index contributed by atoms with van der Waals surface area (Å²) in [5, 5.41) is 16.6. The number of hydrogen-bond acceptors (Lipinski definition) is 11. The number of alkyl carbamates (subject to hydrolysis) is 1. The number of aliphatic hydroxyl groups excluding tert-OH is 1. The highest BCUT2D eigenvalue weighted by molar-refractivity contribution is 5.99. The number of ketones is 2. The summed E-state index contributed by atoms with van der Waals surface area (Å²) in [6.45, 7) is 12.0. The van der Waals surface area contributed by atoms with Gasteiger partial charge in [0.05, 0.1) is 24.4 Å². The summed E-state index contributed by atoms with van der Waals surface area (Å²) in [7, 11) is 3.28. The van der Waals surface area contributed by atoms with Crippen molar-refractivity contribution in [2.24, 2.45) is 23.7 Å². The van der Waals surface area contributed by atoms with E-state index in [0.717, 1.165) is 0 Å². The summed E-state index contributed by atoms with van der Waals surface area (Å²) in [6.07, 6.45) is -2.34. The van der Waals surface area contributed by atoms with E-state index in [0.29, 0.717) is 12.8 Å². The third-order valence-electron chi connectivity index (χ3n) is 9.51. The van der Waals surface area contributed by atoms with E-state index in [9.17, 15) is 24.3 Å². The van der Waals surface area contributed by atoms with Gasteiger partial charge in [0, 0.05) is 30.9 Å². The van der Waals surface area contributed by atoms with Gasteiger partial charge < -0.3 is 39.4 Å². The zero-order valence-corrected chi connectivity index (χ0v) is 26.4. The molecule has 12 nitrogen and oxygen atoms in total. The fourth-order valence-corrected chi connectivity index (χ4v) is 6.99. The zero-order valence-electron chi connectivity index (χ0n) is 26.4. The van der Waals surface area contributed by atoms with Crippen molar-refractivity contribution < 1.29 is 48.0 Å². The van der Waals surface area contributed by atoms with Crippen molar-refractivity contribution in [2.75, 3.05) is 20.8 Å². The Labute approximate surface area is 248 Å². The number of aliphatic hydroxyl groups is 1. The van der Waals surface area contributed by atoms with Crippen molar-refractivity contribution >= 4 is 23.6 Å². The van der Waals surface area contributed by atoms with Crippen LogP contribution in [0.25, 0.3) is 0 Å². The normalized spacial score (nSPS) is 44.0. The van der Waals surface area contributed by atoms with Crippen molar-refractivity contribution in [3.05, 3.63) is 0 Å². The van der Waals surface area contributed by atoms with Crippen molar-refractivity contribution in [1.82, 2.24) is 10.6 Å². The number of ether oxygens (including phenoxy) is 5. The van der Waals surface area contributed by atoms with Gasteiger partial charge in [-0.15, -0.1) is 0 Å². The molecule has 1 amide bonds. The maximum absolute atomic E-state index is 13.9. The number of nitrogens with one attached hydrogen (secondary N) is 2. The molecule has 0 aliphatic carbocycles. The zero-order chi connectivity index (χ0) is 31.6. The molecule has 3 N–H and O–H groups in total. The maximum atomic E-state index is 13.9. The summed E-state index contributed by atoms with van der Waals surface area (Å²) < 4.78 is 29.4. The SMILES string of the molecule is CC[C@H]1OC(=O)[C@H](C)C(=O)[C@H](C)C[C@](CO[C@@H]2[C@@H](NC)C[C@@H](C)O[C@H]2O)(OC)C[C@@H](C)C(=O)[C@H](C)[C@H]2NC(=O)O[C@@]21C. The fraction of sp³-hybridized carbons (Fsp3) is 0.867. The van der Waals surface area contributed by atoms with E-state index in [4.69, 9.17) is 23.7 Å². The van der Waals surface area contributed by atoms with Crippen molar-refractivity contribution in [1.29, 1.82) is 0 Å². The monoisotopic (exact) mass is 598 g/mol. The van der Waals surface area contributed by atoms with Crippen LogP contribution in [0.4, 0.5) is 4.79 Å². The van der Waals surface area contributed by atoms with E-state index in [1.165, 1.54) is 14.0 Å².